The van der Waals surface area contributed by atoms with Crippen molar-refractivity contribution in [1.82, 2.24) is 4.98 Å². The van der Waals surface area contributed by atoms with E-state index in [1.54, 1.807) is 17.4 Å². The van der Waals surface area contributed by atoms with Gasteiger partial charge < -0.3 is 10.4 Å². The third kappa shape index (κ3) is 2.86. The van der Waals surface area contributed by atoms with E-state index in [9.17, 15) is 14.7 Å². The highest BCUT2D eigenvalue weighted by Gasteiger charge is 2.65. The minimum Gasteiger partial charge on any atom is -0.481 e. The van der Waals surface area contributed by atoms with E-state index in [1.165, 1.54) is 0 Å². The summed E-state index contributed by atoms with van der Waals surface area (Å²) in [6.45, 7) is 5.57. The van der Waals surface area contributed by atoms with Gasteiger partial charge >= 0.3 is 5.97 Å². The zero-order valence-corrected chi connectivity index (χ0v) is 14.0. The highest BCUT2D eigenvalue weighted by Crippen LogP contribution is 2.58. The summed E-state index contributed by atoms with van der Waals surface area (Å²) in [6, 6.07) is 7.45. The molecule has 3 rings (SSSR count). The Hall–Kier alpha value is -2.21. The third-order valence-corrected chi connectivity index (χ3v) is 5.19. The van der Waals surface area contributed by atoms with Gasteiger partial charge in [-0.1, -0.05) is 26.0 Å². The number of rotatable bonds is 4. The topological polar surface area (TPSA) is 79.3 Å². The maximum absolute atomic E-state index is 12.4. The zero-order valence-electron chi connectivity index (χ0n) is 13.2. The molecule has 1 aliphatic rings. The first-order chi connectivity index (χ1) is 10.8. The summed E-state index contributed by atoms with van der Waals surface area (Å²) in [4.78, 5) is 28.0. The van der Waals surface area contributed by atoms with E-state index in [-0.39, 0.29) is 5.91 Å². The maximum atomic E-state index is 12.4. The number of hydrogen-bond acceptors (Lipinski definition) is 4. The Balaban J connectivity index is 1.76. The van der Waals surface area contributed by atoms with Crippen molar-refractivity contribution in [2.24, 2.45) is 17.3 Å². The summed E-state index contributed by atoms with van der Waals surface area (Å²) < 4.78 is 0. The molecule has 0 bridgehead atoms. The van der Waals surface area contributed by atoms with E-state index in [0.29, 0.717) is 5.69 Å². The number of carbonyl (C=O) groups is 2. The Morgan fingerprint density at radius 2 is 2.04 bits per heavy atom. The van der Waals surface area contributed by atoms with Gasteiger partial charge in [0.25, 0.3) is 0 Å². The maximum Gasteiger partial charge on any atom is 0.307 e. The van der Waals surface area contributed by atoms with Crippen LogP contribution in [0.25, 0.3) is 11.3 Å². The first-order valence-electron chi connectivity index (χ1n) is 7.37. The lowest BCUT2D eigenvalue weighted by Crippen LogP contribution is -2.17. The average Bonchev–Trinajstić information content (AvgIpc) is 2.83. The number of carbonyl (C=O) groups excluding carboxylic acids is 1. The van der Waals surface area contributed by atoms with E-state index in [1.807, 2.05) is 44.4 Å². The zero-order chi connectivity index (χ0) is 16.8. The molecule has 1 heterocycles. The second-order valence-electron chi connectivity index (χ2n) is 6.44. The summed E-state index contributed by atoms with van der Waals surface area (Å²) in [5.74, 6) is -2.27. The lowest BCUT2D eigenvalue weighted by molar-refractivity contribution is -0.140. The van der Waals surface area contributed by atoms with Crippen LogP contribution in [0, 0.1) is 24.2 Å². The van der Waals surface area contributed by atoms with E-state index < -0.39 is 23.2 Å². The molecule has 1 aromatic heterocycles. The number of nitrogens with one attached hydrogen (secondary N) is 1. The molecule has 1 saturated carbocycles. The molecule has 1 amide bonds. The van der Waals surface area contributed by atoms with Crippen molar-refractivity contribution in [2.45, 2.75) is 20.8 Å². The fourth-order valence-corrected chi connectivity index (χ4v) is 3.68. The first-order valence-corrected chi connectivity index (χ1v) is 8.25. The van der Waals surface area contributed by atoms with Gasteiger partial charge in [-0.3, -0.25) is 9.59 Å². The number of aliphatic carboxylic acids is 1. The van der Waals surface area contributed by atoms with Gasteiger partial charge in [-0.05, 0) is 24.5 Å². The Labute approximate surface area is 138 Å². The van der Waals surface area contributed by atoms with Crippen molar-refractivity contribution in [3.63, 3.8) is 0 Å². The van der Waals surface area contributed by atoms with Crippen LogP contribution in [0.15, 0.2) is 29.6 Å². The molecule has 5 nitrogen and oxygen atoms in total. The molecule has 2 aromatic rings. The SMILES string of the molecule is Cc1nc(-c2cccc(NC(=O)[C@@H]3[C@H](C(=O)O)C3(C)C)c2)cs1. The number of benzene rings is 1. The molecule has 1 fully saturated rings. The Kier molecular flexibility index (Phi) is 3.72. The number of amides is 1. The van der Waals surface area contributed by atoms with Crippen LogP contribution in [0.5, 0.6) is 0 Å². The number of anilines is 1. The molecule has 0 unspecified atom stereocenters. The summed E-state index contributed by atoms with van der Waals surface area (Å²) in [6.07, 6.45) is 0. The molecule has 1 aromatic carbocycles. The van der Waals surface area contributed by atoms with Gasteiger partial charge in [-0.2, -0.15) is 0 Å². The second-order valence-corrected chi connectivity index (χ2v) is 7.50. The molecule has 0 saturated heterocycles. The molecular weight excluding hydrogens is 312 g/mol. The number of hydrogen-bond donors (Lipinski definition) is 2. The van der Waals surface area contributed by atoms with Crippen molar-refractivity contribution in [3.8, 4) is 11.3 Å². The van der Waals surface area contributed by atoms with E-state index in [4.69, 9.17) is 0 Å². The van der Waals surface area contributed by atoms with Crippen LogP contribution in [0.1, 0.15) is 18.9 Å². The smallest absolute Gasteiger partial charge is 0.307 e. The lowest BCUT2D eigenvalue weighted by atomic mass is 10.1. The Morgan fingerprint density at radius 3 is 2.61 bits per heavy atom. The van der Waals surface area contributed by atoms with Crippen LogP contribution < -0.4 is 5.32 Å². The quantitative estimate of drug-likeness (QED) is 0.900. The standard InChI is InChI=1S/C17H18N2O3S/c1-9-18-12(8-23-9)10-5-4-6-11(7-10)19-15(20)13-14(16(21)22)17(13,2)3/h4-8,13-14H,1-3H3,(H,19,20)(H,21,22)/t13-,14+/m0/s1. The summed E-state index contributed by atoms with van der Waals surface area (Å²) >= 11 is 1.57. The predicted octanol–water partition coefficient (Wildman–Crippen LogP) is 3.41. The highest BCUT2D eigenvalue weighted by atomic mass is 32.1. The van der Waals surface area contributed by atoms with Gasteiger partial charge in [0.15, 0.2) is 0 Å². The van der Waals surface area contributed by atoms with E-state index in [2.05, 4.69) is 10.3 Å². The summed E-state index contributed by atoms with van der Waals surface area (Å²) in [5, 5.41) is 15.0. The lowest BCUT2D eigenvalue weighted by Gasteiger charge is -2.07. The molecule has 23 heavy (non-hydrogen) atoms. The molecule has 1 aliphatic carbocycles. The predicted molar refractivity (Wildman–Crippen MR) is 89.3 cm³/mol. The number of thiazole rings is 1. The van der Waals surface area contributed by atoms with Gasteiger partial charge in [0, 0.05) is 16.6 Å². The molecule has 2 N–H and O–H groups in total. The van der Waals surface area contributed by atoms with Crippen LogP contribution in [-0.2, 0) is 9.59 Å². The fraction of sp³-hybridized carbons (Fsp3) is 0.353. The van der Waals surface area contributed by atoms with Crippen molar-refractivity contribution >= 4 is 28.9 Å². The molecule has 6 heteroatoms. The van der Waals surface area contributed by atoms with Crippen LogP contribution in [0.2, 0.25) is 0 Å². The normalized spacial score (nSPS) is 21.7. The van der Waals surface area contributed by atoms with Crippen molar-refractivity contribution < 1.29 is 14.7 Å². The molecule has 0 radical (unpaired) electrons. The van der Waals surface area contributed by atoms with Crippen molar-refractivity contribution in [1.29, 1.82) is 0 Å². The van der Waals surface area contributed by atoms with Gasteiger partial charge in [0.1, 0.15) is 0 Å². The van der Waals surface area contributed by atoms with Crippen molar-refractivity contribution in [2.75, 3.05) is 5.32 Å². The summed E-state index contributed by atoms with van der Waals surface area (Å²) in [5.41, 5.74) is 1.96. The number of aromatic nitrogens is 1. The van der Waals surface area contributed by atoms with Crippen LogP contribution in [0.3, 0.4) is 0 Å². The van der Waals surface area contributed by atoms with Crippen LogP contribution in [-0.4, -0.2) is 22.0 Å². The largest absolute Gasteiger partial charge is 0.481 e. The van der Waals surface area contributed by atoms with Gasteiger partial charge in [-0.15, -0.1) is 11.3 Å². The molecule has 0 spiro atoms. The first kappa shape index (κ1) is 15.7. The number of carboxylic acids is 1. The Bertz CT molecular complexity index is 782. The van der Waals surface area contributed by atoms with Gasteiger partial charge in [-0.25, -0.2) is 4.98 Å². The monoisotopic (exact) mass is 330 g/mol. The molecule has 120 valence electrons. The summed E-state index contributed by atoms with van der Waals surface area (Å²) in [7, 11) is 0. The minimum absolute atomic E-state index is 0.242. The molecular formula is C17H18N2O3S. The van der Waals surface area contributed by atoms with Crippen LogP contribution >= 0.6 is 11.3 Å². The van der Waals surface area contributed by atoms with Crippen molar-refractivity contribution in [3.05, 3.63) is 34.7 Å². The van der Waals surface area contributed by atoms with E-state index in [0.717, 1.165) is 16.3 Å². The Morgan fingerprint density at radius 1 is 1.30 bits per heavy atom. The number of nitrogens with zero attached hydrogens (tertiary/aromatic N) is 1. The molecule has 2 atom stereocenters. The third-order valence-electron chi connectivity index (χ3n) is 4.42. The highest BCUT2D eigenvalue weighted by molar-refractivity contribution is 7.09. The molecule has 0 aliphatic heterocycles. The number of carboxylic acid groups (broad SMARTS) is 1. The average molecular weight is 330 g/mol. The minimum atomic E-state index is -0.915. The van der Waals surface area contributed by atoms with Gasteiger partial charge in [0.05, 0.1) is 22.5 Å². The fourth-order valence-electron chi connectivity index (χ4n) is 3.06. The van der Waals surface area contributed by atoms with Crippen LogP contribution in [0.4, 0.5) is 5.69 Å². The van der Waals surface area contributed by atoms with Gasteiger partial charge in [0.2, 0.25) is 5.91 Å². The number of aryl methyl sites for hydroxylation is 1. The van der Waals surface area contributed by atoms with E-state index >= 15 is 0 Å². The second kappa shape index (κ2) is 5.45.